The van der Waals surface area contributed by atoms with E-state index >= 15 is 0 Å². The van der Waals surface area contributed by atoms with Crippen molar-refractivity contribution in [3.8, 4) is 5.75 Å². The third-order valence-corrected chi connectivity index (χ3v) is 4.57. The van der Waals surface area contributed by atoms with E-state index in [9.17, 15) is 4.79 Å². The van der Waals surface area contributed by atoms with Crippen molar-refractivity contribution in [3.63, 3.8) is 0 Å². The number of hydrogen-bond donors (Lipinski definition) is 0. The molecule has 1 aliphatic heterocycles. The predicted molar refractivity (Wildman–Crippen MR) is 95.6 cm³/mol. The lowest BCUT2D eigenvalue weighted by Gasteiger charge is -2.34. The summed E-state index contributed by atoms with van der Waals surface area (Å²) in [5, 5.41) is 0.758. The fourth-order valence-electron chi connectivity index (χ4n) is 2.87. The van der Waals surface area contributed by atoms with Crippen molar-refractivity contribution in [2.24, 2.45) is 0 Å². The first-order valence-corrected chi connectivity index (χ1v) is 8.43. The van der Waals surface area contributed by atoms with E-state index in [0.29, 0.717) is 5.56 Å². The molecule has 0 unspecified atom stereocenters. The van der Waals surface area contributed by atoms with Gasteiger partial charge in [-0.15, -0.1) is 0 Å². The highest BCUT2D eigenvalue weighted by atomic mass is 35.5. The molecule has 1 fully saturated rings. The summed E-state index contributed by atoms with van der Waals surface area (Å²) in [6, 6.07) is 15.2. The molecule has 126 valence electrons. The number of halogens is 1. The molecular weight excluding hydrogens is 324 g/mol. The lowest BCUT2D eigenvalue weighted by atomic mass is 10.1. The van der Waals surface area contributed by atoms with Crippen LogP contribution in [0.25, 0.3) is 0 Å². The topological polar surface area (TPSA) is 32.8 Å². The number of carbonyl (C=O) groups is 1. The van der Waals surface area contributed by atoms with Crippen LogP contribution in [0.4, 0.5) is 0 Å². The molecule has 1 saturated heterocycles. The van der Waals surface area contributed by atoms with Gasteiger partial charge >= 0.3 is 0 Å². The molecule has 0 saturated carbocycles. The average Bonchev–Trinajstić information content (AvgIpc) is 2.64. The highest BCUT2D eigenvalue weighted by molar-refractivity contribution is 6.30. The van der Waals surface area contributed by atoms with Crippen LogP contribution in [-0.2, 0) is 6.54 Å². The van der Waals surface area contributed by atoms with Crippen LogP contribution in [0.15, 0.2) is 48.5 Å². The zero-order valence-corrected chi connectivity index (χ0v) is 14.5. The monoisotopic (exact) mass is 344 g/mol. The molecule has 1 heterocycles. The maximum Gasteiger partial charge on any atom is 0.253 e. The largest absolute Gasteiger partial charge is 0.497 e. The Balaban J connectivity index is 1.54. The molecule has 0 N–H and O–H groups in total. The summed E-state index contributed by atoms with van der Waals surface area (Å²) in [7, 11) is 1.62. The number of carbonyl (C=O) groups excluding carboxylic acids is 1. The number of ether oxygens (including phenoxy) is 1. The van der Waals surface area contributed by atoms with Gasteiger partial charge in [-0.1, -0.05) is 23.7 Å². The van der Waals surface area contributed by atoms with Crippen LogP contribution in [0.1, 0.15) is 15.9 Å². The standard InChI is InChI=1S/C19H21ClN2O2/c1-24-18-8-4-16(5-9-18)19(23)22-12-10-21(11-13-22)14-15-2-6-17(20)7-3-15/h2-9H,10-14H2,1H3. The van der Waals surface area contributed by atoms with Gasteiger partial charge in [0.25, 0.3) is 5.91 Å². The van der Waals surface area contributed by atoms with E-state index in [1.807, 2.05) is 41.3 Å². The molecule has 1 amide bonds. The Morgan fingerprint density at radius 3 is 2.21 bits per heavy atom. The van der Waals surface area contributed by atoms with Gasteiger partial charge in [0.05, 0.1) is 7.11 Å². The smallest absolute Gasteiger partial charge is 0.253 e. The predicted octanol–water partition coefficient (Wildman–Crippen LogP) is 3.31. The van der Waals surface area contributed by atoms with E-state index in [1.54, 1.807) is 7.11 Å². The van der Waals surface area contributed by atoms with Gasteiger partial charge in [-0.2, -0.15) is 0 Å². The Bertz CT molecular complexity index is 678. The normalized spacial score (nSPS) is 15.3. The lowest BCUT2D eigenvalue weighted by Crippen LogP contribution is -2.48. The van der Waals surface area contributed by atoms with Crippen LogP contribution >= 0.6 is 11.6 Å². The van der Waals surface area contributed by atoms with E-state index in [-0.39, 0.29) is 5.91 Å². The van der Waals surface area contributed by atoms with E-state index in [4.69, 9.17) is 16.3 Å². The van der Waals surface area contributed by atoms with Gasteiger partial charge in [0.15, 0.2) is 0 Å². The van der Waals surface area contributed by atoms with Crippen LogP contribution in [0.5, 0.6) is 5.75 Å². The number of benzene rings is 2. The molecule has 1 aliphatic rings. The maximum atomic E-state index is 12.6. The summed E-state index contributed by atoms with van der Waals surface area (Å²) in [5.41, 5.74) is 1.95. The quantitative estimate of drug-likeness (QED) is 0.853. The summed E-state index contributed by atoms with van der Waals surface area (Å²) in [5.74, 6) is 0.850. The van der Waals surface area contributed by atoms with E-state index < -0.39 is 0 Å². The molecule has 3 rings (SSSR count). The molecule has 0 atom stereocenters. The number of amides is 1. The zero-order valence-electron chi connectivity index (χ0n) is 13.7. The van der Waals surface area contributed by atoms with E-state index in [0.717, 1.165) is 43.5 Å². The Kier molecular flexibility index (Phi) is 5.38. The minimum atomic E-state index is 0.0868. The number of hydrogen-bond acceptors (Lipinski definition) is 3. The van der Waals surface area contributed by atoms with Crippen molar-refractivity contribution in [2.45, 2.75) is 6.54 Å². The third-order valence-electron chi connectivity index (χ3n) is 4.32. The highest BCUT2D eigenvalue weighted by Crippen LogP contribution is 2.16. The summed E-state index contributed by atoms with van der Waals surface area (Å²) in [4.78, 5) is 16.8. The van der Waals surface area contributed by atoms with Crippen molar-refractivity contribution < 1.29 is 9.53 Å². The van der Waals surface area contributed by atoms with Crippen LogP contribution in [0.3, 0.4) is 0 Å². The van der Waals surface area contributed by atoms with Gasteiger partial charge in [0, 0.05) is 43.3 Å². The van der Waals surface area contributed by atoms with Crippen LogP contribution in [0, 0.1) is 0 Å². The fraction of sp³-hybridized carbons (Fsp3) is 0.316. The Labute approximate surface area is 147 Å². The molecule has 0 aromatic heterocycles. The molecule has 2 aromatic carbocycles. The average molecular weight is 345 g/mol. The second-order valence-corrected chi connectivity index (χ2v) is 6.36. The van der Waals surface area contributed by atoms with Gasteiger partial charge in [0.2, 0.25) is 0 Å². The van der Waals surface area contributed by atoms with Gasteiger partial charge < -0.3 is 9.64 Å². The summed E-state index contributed by atoms with van der Waals surface area (Å²) in [6.45, 7) is 4.15. The van der Waals surface area contributed by atoms with Crippen molar-refractivity contribution in [1.29, 1.82) is 0 Å². The molecule has 0 radical (unpaired) electrons. The molecule has 4 nitrogen and oxygen atoms in total. The Morgan fingerprint density at radius 2 is 1.62 bits per heavy atom. The summed E-state index contributed by atoms with van der Waals surface area (Å²) < 4.78 is 5.13. The van der Waals surface area contributed by atoms with Crippen molar-refractivity contribution in [2.75, 3.05) is 33.3 Å². The minimum absolute atomic E-state index is 0.0868. The zero-order chi connectivity index (χ0) is 16.9. The van der Waals surface area contributed by atoms with E-state index in [2.05, 4.69) is 17.0 Å². The molecule has 0 spiro atoms. The Morgan fingerprint density at radius 1 is 1.00 bits per heavy atom. The van der Waals surface area contributed by atoms with Gasteiger partial charge in [0.1, 0.15) is 5.75 Å². The van der Waals surface area contributed by atoms with Crippen molar-refractivity contribution in [3.05, 3.63) is 64.7 Å². The van der Waals surface area contributed by atoms with Crippen LogP contribution in [0.2, 0.25) is 5.02 Å². The second kappa shape index (κ2) is 7.69. The first-order chi connectivity index (χ1) is 11.7. The molecule has 0 bridgehead atoms. The number of piperazine rings is 1. The maximum absolute atomic E-state index is 12.6. The highest BCUT2D eigenvalue weighted by Gasteiger charge is 2.22. The summed E-state index contributed by atoms with van der Waals surface area (Å²) in [6.07, 6.45) is 0. The number of nitrogens with zero attached hydrogens (tertiary/aromatic N) is 2. The van der Waals surface area contributed by atoms with Crippen molar-refractivity contribution >= 4 is 17.5 Å². The first kappa shape index (κ1) is 16.8. The minimum Gasteiger partial charge on any atom is -0.497 e. The van der Waals surface area contributed by atoms with Gasteiger partial charge in [-0.05, 0) is 42.0 Å². The first-order valence-electron chi connectivity index (χ1n) is 8.06. The van der Waals surface area contributed by atoms with Crippen LogP contribution < -0.4 is 4.74 Å². The van der Waals surface area contributed by atoms with Gasteiger partial charge in [-0.3, -0.25) is 9.69 Å². The number of methoxy groups -OCH3 is 1. The van der Waals surface area contributed by atoms with Crippen LogP contribution in [-0.4, -0.2) is 49.0 Å². The fourth-order valence-corrected chi connectivity index (χ4v) is 3.00. The van der Waals surface area contributed by atoms with Gasteiger partial charge in [-0.25, -0.2) is 0 Å². The third kappa shape index (κ3) is 4.08. The molecule has 24 heavy (non-hydrogen) atoms. The molecule has 5 heteroatoms. The molecule has 0 aliphatic carbocycles. The Hall–Kier alpha value is -2.04. The lowest BCUT2D eigenvalue weighted by molar-refractivity contribution is 0.0628. The SMILES string of the molecule is COc1ccc(C(=O)N2CCN(Cc3ccc(Cl)cc3)CC2)cc1. The molecular formula is C19H21ClN2O2. The second-order valence-electron chi connectivity index (χ2n) is 5.92. The summed E-state index contributed by atoms with van der Waals surface area (Å²) >= 11 is 5.92. The molecule has 2 aromatic rings. The number of rotatable bonds is 4. The van der Waals surface area contributed by atoms with E-state index in [1.165, 1.54) is 5.56 Å². The van der Waals surface area contributed by atoms with Crippen molar-refractivity contribution in [1.82, 2.24) is 9.80 Å².